The van der Waals surface area contributed by atoms with Gasteiger partial charge in [-0.1, -0.05) is 0 Å². The Balaban J connectivity index is 2.70. The molecule has 0 unspecified atom stereocenters. The molecule has 72 valence electrons. The van der Waals surface area contributed by atoms with E-state index >= 15 is 0 Å². The van der Waals surface area contributed by atoms with E-state index in [1.807, 2.05) is 20.8 Å². The average molecular weight is 182 g/mol. The zero-order valence-corrected chi connectivity index (χ0v) is 8.38. The molecule has 0 N–H and O–H groups in total. The lowest BCUT2D eigenvalue weighted by Gasteiger charge is -2.18. The summed E-state index contributed by atoms with van der Waals surface area (Å²) < 4.78 is 10.1. The number of rotatable bonds is 1. The van der Waals surface area contributed by atoms with Gasteiger partial charge in [0.25, 0.3) is 0 Å². The third-order valence-corrected chi connectivity index (χ3v) is 1.37. The Morgan fingerprint density at radius 2 is 2.08 bits per heavy atom. The Morgan fingerprint density at radius 1 is 1.46 bits per heavy atom. The first-order valence-corrected chi connectivity index (χ1v) is 4.17. The molecule has 1 rings (SSSR count). The third kappa shape index (κ3) is 2.93. The second-order valence-electron chi connectivity index (χ2n) is 3.95. The quantitative estimate of drug-likeness (QED) is 0.626. The normalized spacial score (nSPS) is 11.4. The number of ether oxygens (including phenoxy) is 1. The van der Waals surface area contributed by atoms with Crippen LogP contribution >= 0.6 is 0 Å². The van der Waals surface area contributed by atoms with Gasteiger partial charge in [0.2, 0.25) is 0 Å². The molecule has 0 atom stereocenters. The second kappa shape index (κ2) is 3.24. The van der Waals surface area contributed by atoms with Gasteiger partial charge in [-0.05, 0) is 33.8 Å². The molecule has 0 saturated heterocycles. The highest BCUT2D eigenvalue weighted by Gasteiger charge is 2.18. The molecule has 0 amide bonds. The Labute approximate surface area is 77.7 Å². The van der Waals surface area contributed by atoms with Crippen LogP contribution in [-0.2, 0) is 4.74 Å². The standard InChI is InChI=1S/C10H14O3/c1-7-5-8(6-12-7)9(11)13-10(2,3)4/h5-6H,1-4H3. The second-order valence-corrected chi connectivity index (χ2v) is 3.95. The molecule has 1 aromatic heterocycles. The van der Waals surface area contributed by atoms with Crippen LogP contribution < -0.4 is 0 Å². The van der Waals surface area contributed by atoms with Crippen LogP contribution in [0.15, 0.2) is 16.7 Å². The Kier molecular flexibility index (Phi) is 2.45. The molecule has 3 nitrogen and oxygen atoms in total. The van der Waals surface area contributed by atoms with Crippen LogP contribution in [0, 0.1) is 6.92 Å². The number of hydrogen-bond acceptors (Lipinski definition) is 3. The summed E-state index contributed by atoms with van der Waals surface area (Å²) in [5.74, 6) is 0.366. The zero-order chi connectivity index (χ0) is 10.1. The monoisotopic (exact) mass is 182 g/mol. The Hall–Kier alpha value is -1.25. The minimum absolute atomic E-state index is 0.343. The van der Waals surface area contributed by atoms with Crippen molar-refractivity contribution in [2.75, 3.05) is 0 Å². The predicted molar refractivity (Wildman–Crippen MR) is 48.6 cm³/mol. The van der Waals surface area contributed by atoms with Crippen LogP contribution in [0.5, 0.6) is 0 Å². The summed E-state index contributed by atoms with van der Waals surface area (Å²) in [6, 6.07) is 1.66. The summed E-state index contributed by atoms with van der Waals surface area (Å²) >= 11 is 0. The van der Waals surface area contributed by atoms with Gasteiger partial charge < -0.3 is 9.15 Å². The molecule has 0 saturated carbocycles. The van der Waals surface area contributed by atoms with Crippen molar-refractivity contribution in [2.24, 2.45) is 0 Å². The molecule has 0 bridgehead atoms. The summed E-state index contributed by atoms with van der Waals surface area (Å²) in [7, 11) is 0. The highest BCUT2D eigenvalue weighted by atomic mass is 16.6. The molecule has 3 heteroatoms. The molecule has 0 aliphatic rings. The maximum atomic E-state index is 11.4. The van der Waals surface area contributed by atoms with Gasteiger partial charge in [-0.25, -0.2) is 4.79 Å². The minimum atomic E-state index is -0.456. The van der Waals surface area contributed by atoms with Gasteiger partial charge in [-0.2, -0.15) is 0 Å². The van der Waals surface area contributed by atoms with E-state index in [0.717, 1.165) is 0 Å². The van der Waals surface area contributed by atoms with Crippen molar-refractivity contribution < 1.29 is 13.9 Å². The molecule has 0 spiro atoms. The molecular formula is C10H14O3. The number of furan rings is 1. The number of esters is 1. The molecule has 0 radical (unpaired) electrons. The lowest BCUT2D eigenvalue weighted by molar-refractivity contribution is 0.00689. The average Bonchev–Trinajstić information content (AvgIpc) is 2.31. The number of aryl methyl sites for hydroxylation is 1. The predicted octanol–water partition coefficient (Wildman–Crippen LogP) is 2.54. The van der Waals surface area contributed by atoms with Crippen molar-refractivity contribution >= 4 is 5.97 Å². The highest BCUT2D eigenvalue weighted by molar-refractivity contribution is 5.89. The number of carbonyl (C=O) groups is 1. The summed E-state index contributed by atoms with van der Waals surface area (Å²) in [6.07, 6.45) is 1.41. The first kappa shape index (κ1) is 9.84. The van der Waals surface area contributed by atoms with Crippen LogP contribution in [-0.4, -0.2) is 11.6 Å². The molecule has 0 aliphatic carbocycles. The summed E-state index contributed by atoms with van der Waals surface area (Å²) in [6.45, 7) is 7.28. The van der Waals surface area contributed by atoms with Crippen molar-refractivity contribution in [1.82, 2.24) is 0 Å². The highest BCUT2D eigenvalue weighted by Crippen LogP contribution is 2.13. The van der Waals surface area contributed by atoms with E-state index in [2.05, 4.69) is 0 Å². The Bertz CT molecular complexity index is 304. The van der Waals surface area contributed by atoms with E-state index in [9.17, 15) is 4.79 Å². The molecule has 0 aliphatic heterocycles. The Morgan fingerprint density at radius 3 is 2.46 bits per heavy atom. The van der Waals surface area contributed by atoms with Crippen LogP contribution in [0.4, 0.5) is 0 Å². The maximum absolute atomic E-state index is 11.4. The van der Waals surface area contributed by atoms with Gasteiger partial charge >= 0.3 is 5.97 Å². The maximum Gasteiger partial charge on any atom is 0.341 e. The lowest BCUT2D eigenvalue weighted by atomic mass is 10.2. The molecule has 13 heavy (non-hydrogen) atoms. The van der Waals surface area contributed by atoms with E-state index in [1.165, 1.54) is 6.26 Å². The largest absolute Gasteiger partial charge is 0.469 e. The van der Waals surface area contributed by atoms with Crippen LogP contribution in [0.1, 0.15) is 36.9 Å². The molecule has 1 aromatic rings. The van der Waals surface area contributed by atoms with Crippen LogP contribution in [0.25, 0.3) is 0 Å². The van der Waals surface area contributed by atoms with Gasteiger partial charge in [-0.15, -0.1) is 0 Å². The topological polar surface area (TPSA) is 39.4 Å². The zero-order valence-electron chi connectivity index (χ0n) is 8.38. The molecule has 0 aromatic carbocycles. The lowest BCUT2D eigenvalue weighted by Crippen LogP contribution is -2.23. The van der Waals surface area contributed by atoms with E-state index in [4.69, 9.17) is 9.15 Å². The van der Waals surface area contributed by atoms with Crippen molar-refractivity contribution in [3.63, 3.8) is 0 Å². The fourth-order valence-corrected chi connectivity index (χ4v) is 0.888. The van der Waals surface area contributed by atoms with Crippen molar-refractivity contribution in [3.8, 4) is 0 Å². The van der Waals surface area contributed by atoms with Gasteiger partial charge in [0.15, 0.2) is 0 Å². The van der Waals surface area contributed by atoms with Crippen molar-refractivity contribution in [1.29, 1.82) is 0 Å². The fraction of sp³-hybridized carbons (Fsp3) is 0.500. The van der Waals surface area contributed by atoms with Crippen LogP contribution in [0.3, 0.4) is 0 Å². The summed E-state index contributed by atoms with van der Waals surface area (Å²) in [5, 5.41) is 0. The van der Waals surface area contributed by atoms with E-state index in [0.29, 0.717) is 11.3 Å². The van der Waals surface area contributed by atoms with E-state index in [-0.39, 0.29) is 5.97 Å². The third-order valence-electron chi connectivity index (χ3n) is 1.37. The minimum Gasteiger partial charge on any atom is -0.469 e. The molecule has 1 heterocycles. The van der Waals surface area contributed by atoms with Crippen molar-refractivity contribution in [3.05, 3.63) is 23.7 Å². The first-order chi connectivity index (χ1) is 5.88. The van der Waals surface area contributed by atoms with Crippen LogP contribution in [0.2, 0.25) is 0 Å². The van der Waals surface area contributed by atoms with Crippen molar-refractivity contribution in [2.45, 2.75) is 33.3 Å². The van der Waals surface area contributed by atoms with E-state index in [1.54, 1.807) is 13.0 Å². The fourth-order valence-electron chi connectivity index (χ4n) is 0.888. The SMILES string of the molecule is Cc1cc(C(=O)OC(C)(C)C)co1. The number of carbonyl (C=O) groups excluding carboxylic acids is 1. The van der Waals surface area contributed by atoms with E-state index < -0.39 is 5.60 Å². The summed E-state index contributed by atoms with van der Waals surface area (Å²) in [4.78, 5) is 11.4. The summed E-state index contributed by atoms with van der Waals surface area (Å²) in [5.41, 5.74) is 0.00912. The van der Waals surface area contributed by atoms with Gasteiger partial charge in [-0.3, -0.25) is 0 Å². The molecule has 0 fully saturated rings. The first-order valence-electron chi connectivity index (χ1n) is 4.17. The van der Waals surface area contributed by atoms with Gasteiger partial charge in [0.1, 0.15) is 17.6 Å². The van der Waals surface area contributed by atoms with Gasteiger partial charge in [0, 0.05) is 0 Å². The number of hydrogen-bond donors (Lipinski definition) is 0. The van der Waals surface area contributed by atoms with Gasteiger partial charge in [0.05, 0.1) is 5.56 Å². The smallest absolute Gasteiger partial charge is 0.341 e. The molecular weight excluding hydrogens is 168 g/mol.